The molecule has 0 bridgehead atoms. The van der Waals surface area contributed by atoms with Crippen LogP contribution in [0.4, 0.5) is 13.2 Å². The Hall–Kier alpha value is -0.910. The van der Waals surface area contributed by atoms with Gasteiger partial charge in [0.25, 0.3) is 0 Å². The molecule has 2 atom stereocenters. The second-order valence-corrected chi connectivity index (χ2v) is 6.17. The first-order valence-corrected chi connectivity index (χ1v) is 7.24. The van der Waals surface area contributed by atoms with E-state index in [0.717, 1.165) is 5.01 Å². The minimum absolute atomic E-state index is 0.0501. The molecule has 6 heteroatoms. The van der Waals surface area contributed by atoms with Gasteiger partial charge in [0.2, 0.25) is 0 Å². The molecule has 1 aromatic heterocycles. The van der Waals surface area contributed by atoms with Crippen LogP contribution in [0.5, 0.6) is 0 Å². The Kier molecular flexibility index (Phi) is 4.28. The molecule has 0 aromatic carbocycles. The SMILES string of the molecule is Cc1nc(CC(=O)C2CCCC(C(F)(F)F)C2)cs1. The largest absolute Gasteiger partial charge is 0.391 e. The molecule has 0 saturated heterocycles. The third kappa shape index (κ3) is 3.78. The highest BCUT2D eigenvalue weighted by Gasteiger charge is 2.43. The van der Waals surface area contributed by atoms with E-state index in [1.54, 1.807) is 5.38 Å². The fourth-order valence-corrected chi connectivity index (χ4v) is 3.20. The van der Waals surface area contributed by atoms with Gasteiger partial charge in [0.05, 0.1) is 16.6 Å². The molecule has 0 aliphatic heterocycles. The van der Waals surface area contributed by atoms with Gasteiger partial charge in [0, 0.05) is 17.7 Å². The predicted octanol–water partition coefficient (Wildman–Crippen LogP) is 3.93. The Bertz CT molecular complexity index is 455. The summed E-state index contributed by atoms with van der Waals surface area (Å²) in [6, 6.07) is 0. The van der Waals surface area contributed by atoms with E-state index in [9.17, 15) is 18.0 Å². The van der Waals surface area contributed by atoms with E-state index < -0.39 is 18.0 Å². The molecule has 2 nitrogen and oxygen atoms in total. The number of carbonyl (C=O) groups excluding carboxylic acids is 1. The first kappa shape index (κ1) is 14.5. The molecule has 0 amide bonds. The predicted molar refractivity (Wildman–Crippen MR) is 67.1 cm³/mol. The van der Waals surface area contributed by atoms with E-state index in [1.165, 1.54) is 11.3 Å². The van der Waals surface area contributed by atoms with Crippen LogP contribution in [0.3, 0.4) is 0 Å². The first-order chi connectivity index (χ1) is 8.86. The monoisotopic (exact) mass is 291 g/mol. The molecule has 106 valence electrons. The first-order valence-electron chi connectivity index (χ1n) is 6.36. The third-order valence-electron chi connectivity index (χ3n) is 3.61. The van der Waals surface area contributed by atoms with Crippen molar-refractivity contribution in [2.45, 2.75) is 45.2 Å². The molecule has 0 radical (unpaired) electrons. The number of hydrogen-bond donors (Lipinski definition) is 0. The van der Waals surface area contributed by atoms with Gasteiger partial charge in [0.15, 0.2) is 0 Å². The lowest BCUT2D eigenvalue weighted by Crippen LogP contribution is -2.32. The number of aryl methyl sites for hydroxylation is 1. The minimum Gasteiger partial charge on any atom is -0.299 e. The second-order valence-electron chi connectivity index (χ2n) is 5.10. The van der Waals surface area contributed by atoms with Gasteiger partial charge in [-0.25, -0.2) is 4.98 Å². The highest BCUT2D eigenvalue weighted by atomic mass is 32.1. The molecule has 1 saturated carbocycles. The van der Waals surface area contributed by atoms with Crippen molar-refractivity contribution in [1.82, 2.24) is 4.98 Å². The number of alkyl halides is 3. The Morgan fingerprint density at radius 2 is 2.21 bits per heavy atom. The molecule has 0 N–H and O–H groups in total. The summed E-state index contributed by atoms with van der Waals surface area (Å²) in [6.45, 7) is 1.85. The topological polar surface area (TPSA) is 30.0 Å². The van der Waals surface area contributed by atoms with Crippen LogP contribution in [0.15, 0.2) is 5.38 Å². The summed E-state index contributed by atoms with van der Waals surface area (Å²) in [5, 5.41) is 2.68. The van der Waals surface area contributed by atoms with E-state index >= 15 is 0 Å². The standard InChI is InChI=1S/C13H16F3NOS/c1-8-17-11(7-19-8)6-12(18)9-3-2-4-10(5-9)13(14,15)16/h7,9-10H,2-6H2,1H3. The maximum Gasteiger partial charge on any atom is 0.391 e. The Morgan fingerprint density at radius 1 is 1.47 bits per heavy atom. The van der Waals surface area contributed by atoms with Gasteiger partial charge in [-0.05, 0) is 26.2 Å². The molecule has 0 spiro atoms. The highest BCUT2D eigenvalue weighted by molar-refractivity contribution is 7.09. The smallest absolute Gasteiger partial charge is 0.299 e. The zero-order valence-electron chi connectivity index (χ0n) is 10.7. The molecule has 1 aliphatic carbocycles. The lowest BCUT2D eigenvalue weighted by atomic mass is 9.78. The summed E-state index contributed by atoms with van der Waals surface area (Å²) in [6.07, 6.45) is -2.84. The molecule has 1 aromatic rings. The van der Waals surface area contributed by atoms with Crippen molar-refractivity contribution in [2.24, 2.45) is 11.8 Å². The molecule has 1 heterocycles. The van der Waals surface area contributed by atoms with Gasteiger partial charge in [-0.3, -0.25) is 4.79 Å². The van der Waals surface area contributed by atoms with Gasteiger partial charge in [-0.15, -0.1) is 11.3 Å². The van der Waals surface area contributed by atoms with Gasteiger partial charge in [-0.1, -0.05) is 6.42 Å². The maximum absolute atomic E-state index is 12.7. The number of ketones is 1. The zero-order valence-corrected chi connectivity index (χ0v) is 11.5. The summed E-state index contributed by atoms with van der Waals surface area (Å²) < 4.78 is 38.1. The van der Waals surface area contributed by atoms with Crippen LogP contribution in [-0.2, 0) is 11.2 Å². The quantitative estimate of drug-likeness (QED) is 0.844. The molecule has 19 heavy (non-hydrogen) atoms. The summed E-state index contributed by atoms with van der Waals surface area (Å²) in [4.78, 5) is 16.2. The number of rotatable bonds is 3. The van der Waals surface area contributed by atoms with Crippen LogP contribution in [0, 0.1) is 18.8 Å². The molecule has 1 aliphatic rings. The van der Waals surface area contributed by atoms with Crippen molar-refractivity contribution < 1.29 is 18.0 Å². The summed E-state index contributed by atoms with van der Waals surface area (Å²) in [5.74, 6) is -1.87. The summed E-state index contributed by atoms with van der Waals surface area (Å²) in [7, 11) is 0. The van der Waals surface area contributed by atoms with Crippen LogP contribution in [0.1, 0.15) is 36.4 Å². The van der Waals surface area contributed by atoms with E-state index in [2.05, 4.69) is 4.98 Å². The molecule has 1 fully saturated rings. The van der Waals surface area contributed by atoms with E-state index in [4.69, 9.17) is 0 Å². The summed E-state index contributed by atoms with van der Waals surface area (Å²) in [5.41, 5.74) is 0.682. The fourth-order valence-electron chi connectivity index (χ4n) is 2.59. The number of Topliss-reactive ketones (excluding diaryl/α,β-unsaturated/α-hetero) is 1. The van der Waals surface area contributed by atoms with Gasteiger partial charge >= 0.3 is 6.18 Å². The normalized spacial score (nSPS) is 24.4. The number of carbonyl (C=O) groups is 1. The van der Waals surface area contributed by atoms with E-state index in [-0.39, 0.29) is 25.0 Å². The highest BCUT2D eigenvalue weighted by Crippen LogP contribution is 2.40. The van der Waals surface area contributed by atoms with Crippen molar-refractivity contribution in [2.75, 3.05) is 0 Å². The maximum atomic E-state index is 12.7. The lowest BCUT2D eigenvalue weighted by Gasteiger charge is -2.29. The number of nitrogens with zero attached hydrogens (tertiary/aromatic N) is 1. The van der Waals surface area contributed by atoms with Crippen molar-refractivity contribution in [3.8, 4) is 0 Å². The molecular weight excluding hydrogens is 275 g/mol. The van der Waals surface area contributed by atoms with Gasteiger partial charge in [-0.2, -0.15) is 13.2 Å². The van der Waals surface area contributed by atoms with Crippen LogP contribution in [-0.4, -0.2) is 16.9 Å². The van der Waals surface area contributed by atoms with Crippen molar-refractivity contribution in [3.63, 3.8) is 0 Å². The van der Waals surface area contributed by atoms with Crippen LogP contribution < -0.4 is 0 Å². The minimum atomic E-state index is -4.17. The average Bonchev–Trinajstić information content (AvgIpc) is 2.74. The van der Waals surface area contributed by atoms with Crippen LogP contribution in [0.25, 0.3) is 0 Å². The molecule has 2 rings (SSSR count). The average molecular weight is 291 g/mol. The number of thiazole rings is 1. The number of aromatic nitrogens is 1. The number of hydrogen-bond acceptors (Lipinski definition) is 3. The van der Waals surface area contributed by atoms with E-state index in [0.29, 0.717) is 18.5 Å². The second kappa shape index (κ2) is 5.61. The van der Waals surface area contributed by atoms with Crippen molar-refractivity contribution in [1.29, 1.82) is 0 Å². The fraction of sp³-hybridized carbons (Fsp3) is 0.692. The van der Waals surface area contributed by atoms with E-state index in [1.807, 2.05) is 6.92 Å². The number of halogens is 3. The molecule has 2 unspecified atom stereocenters. The van der Waals surface area contributed by atoms with Gasteiger partial charge in [0.1, 0.15) is 5.78 Å². The lowest BCUT2D eigenvalue weighted by molar-refractivity contribution is -0.186. The van der Waals surface area contributed by atoms with Crippen molar-refractivity contribution >= 4 is 17.1 Å². The van der Waals surface area contributed by atoms with Gasteiger partial charge < -0.3 is 0 Å². The third-order valence-corrected chi connectivity index (χ3v) is 4.44. The van der Waals surface area contributed by atoms with Crippen LogP contribution >= 0.6 is 11.3 Å². The Labute approximate surface area is 114 Å². The summed E-state index contributed by atoms with van der Waals surface area (Å²) >= 11 is 1.45. The Morgan fingerprint density at radius 3 is 2.79 bits per heavy atom. The van der Waals surface area contributed by atoms with Crippen LogP contribution in [0.2, 0.25) is 0 Å². The zero-order chi connectivity index (χ0) is 14.0. The van der Waals surface area contributed by atoms with Crippen molar-refractivity contribution in [3.05, 3.63) is 16.1 Å². The molecular formula is C13H16F3NOS. The Balaban J connectivity index is 1.95.